The van der Waals surface area contributed by atoms with Gasteiger partial charge in [0.1, 0.15) is 37.4 Å². The summed E-state index contributed by atoms with van der Waals surface area (Å²) in [5.41, 5.74) is 0. The van der Waals surface area contributed by atoms with E-state index in [4.69, 9.17) is 28.8 Å². The summed E-state index contributed by atoms with van der Waals surface area (Å²) in [6, 6.07) is 7.04. The van der Waals surface area contributed by atoms with Gasteiger partial charge in [-0.25, -0.2) is 4.79 Å². The molecule has 0 radical (unpaired) electrons. The quantitative estimate of drug-likeness (QED) is 0.766. The molecule has 3 rings (SSSR count). The van der Waals surface area contributed by atoms with Gasteiger partial charge in [0.15, 0.2) is 6.10 Å². The van der Waals surface area contributed by atoms with Crippen molar-refractivity contribution in [3.05, 3.63) is 24.3 Å². The molecule has 8 heteroatoms. The molecule has 3 atom stereocenters. The van der Waals surface area contributed by atoms with Crippen molar-refractivity contribution < 1.29 is 38.3 Å². The molecule has 1 aromatic rings. The van der Waals surface area contributed by atoms with E-state index in [1.807, 2.05) is 0 Å². The van der Waals surface area contributed by atoms with E-state index in [2.05, 4.69) is 4.74 Å². The Hall–Kier alpha value is -2.03. The van der Waals surface area contributed by atoms with Gasteiger partial charge in [-0.3, -0.25) is 0 Å². The maximum absolute atomic E-state index is 10.8. The Morgan fingerprint density at radius 2 is 1.86 bits per heavy atom. The van der Waals surface area contributed by atoms with Gasteiger partial charge < -0.3 is 33.5 Å². The third-order valence-electron chi connectivity index (χ3n) is 3.06. The fourth-order valence-electron chi connectivity index (χ4n) is 2.00. The molecule has 120 valence electrons. The second-order valence-corrected chi connectivity index (χ2v) is 4.80. The van der Waals surface area contributed by atoms with Crippen molar-refractivity contribution in [3.63, 3.8) is 0 Å². The van der Waals surface area contributed by atoms with Crippen molar-refractivity contribution in [3.8, 4) is 11.5 Å². The van der Waals surface area contributed by atoms with Crippen LogP contribution in [0.15, 0.2) is 24.3 Å². The average Bonchev–Trinajstić information content (AvgIpc) is 3.12. The lowest BCUT2D eigenvalue weighted by Crippen LogP contribution is -2.21. The highest BCUT2D eigenvalue weighted by Gasteiger charge is 2.26. The minimum atomic E-state index is -1.18. The Kier molecular flexibility index (Phi) is 4.62. The standard InChI is InChI=1S/C14H16O8/c15-13-19-7-11(21-13)5-17-9-2-1-3-10(4-9)18-6-12-8-20-14(16)22-12/h1-4,11-13,15H,5-8H2. The van der Waals surface area contributed by atoms with E-state index in [1.54, 1.807) is 24.3 Å². The Morgan fingerprint density at radius 1 is 1.14 bits per heavy atom. The molecular formula is C14H16O8. The predicted octanol–water partition coefficient (Wildman–Crippen LogP) is 0.671. The number of carbonyl (C=O) groups is 1. The van der Waals surface area contributed by atoms with Crippen LogP contribution in [0.1, 0.15) is 0 Å². The van der Waals surface area contributed by atoms with E-state index in [1.165, 1.54) is 0 Å². The van der Waals surface area contributed by atoms with Crippen LogP contribution < -0.4 is 9.47 Å². The largest absolute Gasteiger partial charge is 0.508 e. The molecule has 1 aromatic carbocycles. The van der Waals surface area contributed by atoms with E-state index in [9.17, 15) is 4.79 Å². The monoisotopic (exact) mass is 312 g/mol. The van der Waals surface area contributed by atoms with Crippen LogP contribution in [0.5, 0.6) is 11.5 Å². The summed E-state index contributed by atoms with van der Waals surface area (Å²) < 4.78 is 30.5. The molecule has 2 saturated heterocycles. The first-order valence-electron chi connectivity index (χ1n) is 6.83. The molecule has 22 heavy (non-hydrogen) atoms. The first kappa shape index (κ1) is 14.9. The van der Waals surface area contributed by atoms with E-state index in [0.717, 1.165) is 0 Å². The van der Waals surface area contributed by atoms with Gasteiger partial charge in [0.2, 0.25) is 0 Å². The lowest BCUT2D eigenvalue weighted by Gasteiger charge is -2.13. The maximum Gasteiger partial charge on any atom is 0.508 e. The van der Waals surface area contributed by atoms with Gasteiger partial charge in [-0.2, -0.15) is 0 Å². The molecule has 2 fully saturated rings. The van der Waals surface area contributed by atoms with Crippen molar-refractivity contribution in [2.45, 2.75) is 18.7 Å². The van der Waals surface area contributed by atoms with Crippen LogP contribution in [-0.4, -0.2) is 56.4 Å². The molecule has 0 bridgehead atoms. The molecule has 0 aliphatic carbocycles. The Labute approximate surface area is 126 Å². The normalized spacial score (nSPS) is 27.3. The number of cyclic esters (lactones) is 2. The summed E-state index contributed by atoms with van der Waals surface area (Å²) in [7, 11) is 0. The van der Waals surface area contributed by atoms with Gasteiger partial charge in [-0.15, -0.1) is 0 Å². The van der Waals surface area contributed by atoms with Crippen LogP contribution in [0.4, 0.5) is 4.79 Å². The number of benzene rings is 1. The van der Waals surface area contributed by atoms with E-state index in [0.29, 0.717) is 11.5 Å². The van der Waals surface area contributed by atoms with E-state index >= 15 is 0 Å². The van der Waals surface area contributed by atoms with Gasteiger partial charge in [0.25, 0.3) is 6.48 Å². The fraction of sp³-hybridized carbons (Fsp3) is 0.500. The van der Waals surface area contributed by atoms with E-state index < -0.39 is 18.7 Å². The zero-order valence-electron chi connectivity index (χ0n) is 11.7. The summed E-state index contributed by atoms with van der Waals surface area (Å²) in [5.74, 6) is 1.19. The molecule has 0 amide bonds. The van der Waals surface area contributed by atoms with Crippen molar-refractivity contribution in [1.82, 2.24) is 0 Å². The highest BCUT2D eigenvalue weighted by Crippen LogP contribution is 2.21. The van der Waals surface area contributed by atoms with Gasteiger partial charge in [-0.1, -0.05) is 6.07 Å². The number of carbonyl (C=O) groups excluding carboxylic acids is 1. The van der Waals surface area contributed by atoms with Crippen LogP contribution in [0.2, 0.25) is 0 Å². The first-order chi connectivity index (χ1) is 10.7. The molecular weight excluding hydrogens is 296 g/mol. The Bertz CT molecular complexity index is 519. The second kappa shape index (κ2) is 6.82. The van der Waals surface area contributed by atoms with Crippen molar-refractivity contribution in [1.29, 1.82) is 0 Å². The molecule has 0 spiro atoms. The minimum absolute atomic E-state index is 0.191. The number of ether oxygens (including phenoxy) is 6. The minimum Gasteiger partial charge on any atom is -0.491 e. The summed E-state index contributed by atoms with van der Waals surface area (Å²) in [4.78, 5) is 10.8. The number of rotatable bonds is 6. The molecule has 1 N–H and O–H groups in total. The molecule has 3 unspecified atom stereocenters. The third-order valence-corrected chi connectivity index (χ3v) is 3.06. The molecule has 2 aliphatic rings. The highest BCUT2D eigenvalue weighted by atomic mass is 16.8. The van der Waals surface area contributed by atoms with Crippen molar-refractivity contribution >= 4 is 6.16 Å². The topological polar surface area (TPSA) is 92.7 Å². The first-order valence-corrected chi connectivity index (χ1v) is 6.83. The average molecular weight is 312 g/mol. The third kappa shape index (κ3) is 4.00. The van der Waals surface area contributed by atoms with Crippen LogP contribution in [-0.2, 0) is 18.9 Å². The molecule has 0 aromatic heterocycles. The zero-order chi connectivity index (χ0) is 15.4. The Morgan fingerprint density at radius 3 is 2.45 bits per heavy atom. The summed E-state index contributed by atoms with van der Waals surface area (Å²) in [5, 5.41) is 9.07. The Balaban J connectivity index is 1.46. The van der Waals surface area contributed by atoms with Gasteiger partial charge in [-0.05, 0) is 12.1 Å². The molecule has 0 saturated carbocycles. The lowest BCUT2D eigenvalue weighted by atomic mass is 10.3. The number of aliphatic hydroxyl groups excluding tert-OH is 1. The number of hydrogen-bond acceptors (Lipinski definition) is 8. The van der Waals surface area contributed by atoms with Gasteiger partial charge in [0.05, 0.1) is 6.61 Å². The predicted molar refractivity (Wildman–Crippen MR) is 70.5 cm³/mol. The van der Waals surface area contributed by atoms with E-state index in [-0.39, 0.29) is 32.5 Å². The summed E-state index contributed by atoms with van der Waals surface area (Å²) in [6.07, 6.45) is -1.39. The smallest absolute Gasteiger partial charge is 0.491 e. The number of hydrogen-bond donors (Lipinski definition) is 1. The van der Waals surface area contributed by atoms with Crippen LogP contribution in [0, 0.1) is 0 Å². The highest BCUT2D eigenvalue weighted by molar-refractivity contribution is 5.61. The molecule has 8 nitrogen and oxygen atoms in total. The SMILES string of the molecule is O=C1OCC(COc2cccc(OCC3COC(O)O3)c2)O1. The van der Waals surface area contributed by atoms with Crippen molar-refractivity contribution in [2.75, 3.05) is 26.4 Å². The molecule has 2 aliphatic heterocycles. The summed E-state index contributed by atoms with van der Waals surface area (Å²) >= 11 is 0. The second-order valence-electron chi connectivity index (χ2n) is 4.80. The zero-order valence-corrected chi connectivity index (χ0v) is 11.7. The maximum atomic E-state index is 10.8. The fourth-order valence-corrected chi connectivity index (χ4v) is 2.00. The van der Waals surface area contributed by atoms with Gasteiger partial charge >= 0.3 is 6.16 Å². The molecule has 2 heterocycles. The van der Waals surface area contributed by atoms with Crippen molar-refractivity contribution in [2.24, 2.45) is 0 Å². The summed E-state index contributed by atoms with van der Waals surface area (Å²) in [6.45, 7) is -0.240. The van der Waals surface area contributed by atoms with Gasteiger partial charge in [0, 0.05) is 6.07 Å². The van der Waals surface area contributed by atoms with Crippen LogP contribution in [0.25, 0.3) is 0 Å². The van der Waals surface area contributed by atoms with Crippen LogP contribution >= 0.6 is 0 Å². The lowest BCUT2D eigenvalue weighted by molar-refractivity contribution is -0.205. The van der Waals surface area contributed by atoms with Crippen LogP contribution in [0.3, 0.4) is 0 Å². The number of aliphatic hydroxyl groups is 1.